The highest BCUT2D eigenvalue weighted by Crippen LogP contribution is 2.36. The molecule has 0 aliphatic heterocycles. The average molecular weight is 436 g/mol. The van der Waals surface area contributed by atoms with Gasteiger partial charge in [-0.2, -0.15) is 0 Å². The molecule has 0 bridgehead atoms. The maximum atomic E-state index is 11.9. The molecule has 158 valence electrons. The van der Waals surface area contributed by atoms with Gasteiger partial charge in [-0.05, 0) is 25.1 Å². The molecule has 3 N–H and O–H groups in total. The second kappa shape index (κ2) is 8.49. The van der Waals surface area contributed by atoms with Gasteiger partial charge in [-0.25, -0.2) is 9.97 Å². The zero-order chi connectivity index (χ0) is 22.0. The van der Waals surface area contributed by atoms with Crippen LogP contribution in [0.3, 0.4) is 0 Å². The van der Waals surface area contributed by atoms with Crippen LogP contribution in [-0.4, -0.2) is 34.7 Å². The summed E-state index contributed by atoms with van der Waals surface area (Å²) < 4.78 is 12.6. The average Bonchev–Trinajstić information content (AvgIpc) is 3.42. The summed E-state index contributed by atoms with van der Waals surface area (Å²) in [6.07, 6.45) is 3.76. The van der Waals surface area contributed by atoms with Crippen LogP contribution in [0.5, 0.6) is 11.5 Å². The Labute approximate surface area is 183 Å². The van der Waals surface area contributed by atoms with Crippen molar-refractivity contribution < 1.29 is 14.3 Å². The minimum atomic E-state index is -0.578. The van der Waals surface area contributed by atoms with Crippen LogP contribution < -0.4 is 20.5 Å². The molecular weight excluding hydrogens is 414 g/mol. The second-order valence-corrected chi connectivity index (χ2v) is 7.61. The minimum absolute atomic E-state index is 0.286. The molecule has 4 rings (SSSR count). The zero-order valence-corrected chi connectivity index (χ0v) is 18.1. The number of ether oxygens (including phenoxy) is 2. The van der Waals surface area contributed by atoms with Crippen molar-refractivity contribution in [2.75, 3.05) is 19.5 Å². The fourth-order valence-electron chi connectivity index (χ4n) is 3.13. The number of nitrogens with two attached hydrogens (primary N) is 1. The number of methoxy groups -OCH3 is 2. The minimum Gasteiger partial charge on any atom is -0.493 e. The van der Waals surface area contributed by atoms with Crippen molar-refractivity contribution in [3.05, 3.63) is 65.6 Å². The van der Waals surface area contributed by atoms with E-state index in [1.165, 1.54) is 25.6 Å². The molecule has 0 spiro atoms. The first-order valence-corrected chi connectivity index (χ1v) is 10.3. The van der Waals surface area contributed by atoms with E-state index in [0.717, 1.165) is 22.6 Å². The number of nitrogens with one attached hydrogen (secondary N) is 1. The number of rotatable bonds is 7. The second-order valence-electron chi connectivity index (χ2n) is 6.75. The molecule has 9 heteroatoms. The van der Waals surface area contributed by atoms with Gasteiger partial charge in [0, 0.05) is 28.9 Å². The van der Waals surface area contributed by atoms with Gasteiger partial charge in [-0.1, -0.05) is 12.1 Å². The highest BCUT2D eigenvalue weighted by molar-refractivity contribution is 7.14. The molecule has 0 atom stereocenters. The Morgan fingerprint density at radius 3 is 2.45 bits per heavy atom. The van der Waals surface area contributed by atoms with Gasteiger partial charge in [0.25, 0.3) is 5.91 Å². The number of thiazole rings is 1. The van der Waals surface area contributed by atoms with Crippen LogP contribution in [0.25, 0.3) is 16.9 Å². The lowest BCUT2D eigenvalue weighted by Crippen LogP contribution is -2.14. The third-order valence-electron chi connectivity index (χ3n) is 4.71. The van der Waals surface area contributed by atoms with Crippen molar-refractivity contribution in [2.45, 2.75) is 6.92 Å². The third-order valence-corrected chi connectivity index (χ3v) is 5.47. The first kappa shape index (κ1) is 20.4. The quantitative estimate of drug-likeness (QED) is 0.452. The molecule has 2 aromatic carbocycles. The highest BCUT2D eigenvalue weighted by Gasteiger charge is 2.16. The molecule has 2 heterocycles. The molecular formula is C22H21N5O3S. The number of imidazole rings is 1. The molecule has 31 heavy (non-hydrogen) atoms. The summed E-state index contributed by atoms with van der Waals surface area (Å²) in [7, 11) is 3.03. The number of primary amides is 1. The predicted molar refractivity (Wildman–Crippen MR) is 121 cm³/mol. The fraction of sp³-hybridized carbons (Fsp3) is 0.136. The number of anilines is 2. The van der Waals surface area contributed by atoms with Crippen LogP contribution in [0.2, 0.25) is 0 Å². The smallest absolute Gasteiger partial charge is 0.250 e. The lowest BCUT2D eigenvalue weighted by Gasteiger charge is -2.13. The van der Waals surface area contributed by atoms with Crippen molar-refractivity contribution in [1.29, 1.82) is 0 Å². The summed E-state index contributed by atoms with van der Waals surface area (Å²) in [6, 6.07) is 11.3. The van der Waals surface area contributed by atoms with Crippen LogP contribution in [0.15, 0.2) is 54.3 Å². The molecule has 2 aromatic heterocycles. The Hall–Kier alpha value is -3.85. The summed E-state index contributed by atoms with van der Waals surface area (Å²) >= 11 is 1.43. The third kappa shape index (κ3) is 4.22. The molecule has 0 aliphatic rings. The molecule has 0 aliphatic carbocycles. The summed E-state index contributed by atoms with van der Waals surface area (Å²) in [6.45, 7) is 1.96. The van der Waals surface area contributed by atoms with E-state index in [9.17, 15) is 4.79 Å². The van der Waals surface area contributed by atoms with Crippen molar-refractivity contribution >= 4 is 28.1 Å². The fourth-order valence-corrected chi connectivity index (χ4v) is 3.86. The normalized spacial score (nSPS) is 10.7. The Bertz CT molecular complexity index is 1230. The van der Waals surface area contributed by atoms with Crippen LogP contribution in [0.4, 0.5) is 10.8 Å². The number of carbonyl (C=O) groups excluding carboxylic acids is 1. The number of aryl methyl sites for hydroxylation is 1. The Balaban J connectivity index is 1.59. The number of benzene rings is 2. The van der Waals surface area contributed by atoms with Gasteiger partial charge < -0.3 is 25.1 Å². The van der Waals surface area contributed by atoms with E-state index in [0.29, 0.717) is 22.3 Å². The molecule has 0 saturated carbocycles. The molecule has 8 nitrogen and oxygen atoms in total. The first-order valence-electron chi connectivity index (χ1n) is 9.38. The molecule has 0 unspecified atom stereocenters. The zero-order valence-electron chi connectivity index (χ0n) is 17.2. The van der Waals surface area contributed by atoms with E-state index < -0.39 is 5.91 Å². The largest absolute Gasteiger partial charge is 0.493 e. The number of aromatic nitrogens is 3. The van der Waals surface area contributed by atoms with Gasteiger partial charge >= 0.3 is 0 Å². The Morgan fingerprint density at radius 2 is 1.84 bits per heavy atom. The maximum Gasteiger partial charge on any atom is 0.250 e. The molecule has 0 radical (unpaired) electrons. The van der Waals surface area contributed by atoms with Gasteiger partial charge in [0.2, 0.25) is 0 Å². The van der Waals surface area contributed by atoms with Crippen molar-refractivity contribution in [1.82, 2.24) is 14.5 Å². The van der Waals surface area contributed by atoms with E-state index in [1.54, 1.807) is 18.5 Å². The number of hydrogen-bond donors (Lipinski definition) is 2. The Kier molecular flexibility index (Phi) is 5.59. The summed E-state index contributed by atoms with van der Waals surface area (Å²) in [5, 5.41) is 5.74. The summed E-state index contributed by atoms with van der Waals surface area (Å²) in [5.41, 5.74) is 10.1. The molecule has 4 aromatic rings. The van der Waals surface area contributed by atoms with Crippen LogP contribution in [0, 0.1) is 6.92 Å². The lowest BCUT2D eigenvalue weighted by atomic mass is 10.1. The van der Waals surface area contributed by atoms with Gasteiger partial charge in [0.15, 0.2) is 16.6 Å². The van der Waals surface area contributed by atoms with Crippen LogP contribution in [-0.2, 0) is 0 Å². The topological polar surface area (TPSA) is 104 Å². The number of nitrogens with zero attached hydrogens (tertiary/aromatic N) is 3. The van der Waals surface area contributed by atoms with E-state index in [1.807, 2.05) is 47.3 Å². The molecule has 0 saturated heterocycles. The Morgan fingerprint density at radius 1 is 1.13 bits per heavy atom. The molecule has 1 amide bonds. The van der Waals surface area contributed by atoms with Crippen molar-refractivity contribution in [2.24, 2.45) is 5.73 Å². The summed E-state index contributed by atoms with van der Waals surface area (Å²) in [5.74, 6) is 0.331. The van der Waals surface area contributed by atoms with E-state index >= 15 is 0 Å². The van der Waals surface area contributed by atoms with Gasteiger partial charge in [-0.15, -0.1) is 11.3 Å². The van der Waals surface area contributed by atoms with Crippen LogP contribution in [0.1, 0.15) is 16.1 Å². The number of carbonyl (C=O) groups is 1. The van der Waals surface area contributed by atoms with Crippen molar-refractivity contribution in [3.63, 3.8) is 0 Å². The summed E-state index contributed by atoms with van der Waals surface area (Å²) in [4.78, 5) is 20.8. The van der Waals surface area contributed by atoms with Gasteiger partial charge in [0.1, 0.15) is 0 Å². The van der Waals surface area contributed by atoms with Crippen molar-refractivity contribution in [3.8, 4) is 28.4 Å². The number of amides is 1. The van der Waals surface area contributed by atoms with Crippen LogP contribution >= 0.6 is 11.3 Å². The number of hydrogen-bond acceptors (Lipinski definition) is 7. The highest BCUT2D eigenvalue weighted by atomic mass is 32.1. The molecule has 0 fully saturated rings. The van der Waals surface area contributed by atoms with E-state index in [-0.39, 0.29) is 5.56 Å². The predicted octanol–water partition coefficient (Wildman–Crippen LogP) is 4.16. The van der Waals surface area contributed by atoms with Gasteiger partial charge in [-0.3, -0.25) is 4.79 Å². The standard InChI is InChI=1S/C22H21N5O3S/c1-13-10-27(12-24-13)15-6-4-14(5-7-15)18-11-31-22(26-18)25-17-9-20(30-3)19(29-2)8-16(17)21(23)28/h4-12H,1-3H3,(H2,23,28)(H,25,26). The van der Waals surface area contributed by atoms with E-state index in [2.05, 4.69) is 15.3 Å². The monoisotopic (exact) mass is 435 g/mol. The SMILES string of the molecule is COc1cc(Nc2nc(-c3ccc(-n4cnc(C)c4)cc3)cs2)c(C(N)=O)cc1OC. The lowest BCUT2D eigenvalue weighted by molar-refractivity contribution is 0.100. The first-order chi connectivity index (χ1) is 15.0. The van der Waals surface area contributed by atoms with Gasteiger partial charge in [0.05, 0.1) is 43.2 Å². The maximum absolute atomic E-state index is 11.9. The van der Waals surface area contributed by atoms with E-state index in [4.69, 9.17) is 15.2 Å².